The molecule has 0 amide bonds. The van der Waals surface area contributed by atoms with Crippen LogP contribution in [0.15, 0.2) is 0 Å². The number of rotatable bonds is 1. The van der Waals surface area contributed by atoms with Gasteiger partial charge in [-0.15, -0.1) is 0 Å². The number of aryl methyl sites for hydroxylation is 2. The zero-order chi connectivity index (χ0) is 10.1. The first-order valence-electron chi connectivity index (χ1n) is 3.77. The molecule has 0 bridgehead atoms. The Bertz CT molecular complexity index is 307. The number of hydrogen-bond acceptors (Lipinski definition) is 2. The first kappa shape index (κ1) is 9.95. The number of alkyl halides is 3. The fourth-order valence-corrected chi connectivity index (χ4v) is 0.909. The van der Waals surface area contributed by atoms with Gasteiger partial charge in [-0.2, -0.15) is 13.2 Å². The number of nitrogens with zero attached hydrogens (tertiary/aromatic N) is 2. The Morgan fingerprint density at radius 3 is 2.46 bits per heavy atom. The van der Waals surface area contributed by atoms with E-state index in [1.54, 1.807) is 13.8 Å². The van der Waals surface area contributed by atoms with Gasteiger partial charge in [0.05, 0.1) is 6.20 Å². The van der Waals surface area contributed by atoms with Gasteiger partial charge in [0.15, 0.2) is 0 Å². The second-order valence-electron chi connectivity index (χ2n) is 2.58. The van der Waals surface area contributed by atoms with E-state index in [0.717, 1.165) is 0 Å². The topological polar surface area (TPSA) is 25.8 Å². The average Bonchev–Trinajstić information content (AvgIpc) is 2.03. The predicted molar refractivity (Wildman–Crippen MR) is 40.0 cm³/mol. The molecule has 0 spiro atoms. The zero-order valence-corrected chi connectivity index (χ0v) is 7.24. The van der Waals surface area contributed by atoms with Gasteiger partial charge < -0.3 is 0 Å². The van der Waals surface area contributed by atoms with Gasteiger partial charge in [0.2, 0.25) is 5.82 Å². The van der Waals surface area contributed by atoms with E-state index in [0.29, 0.717) is 17.7 Å². The number of halogens is 3. The lowest BCUT2D eigenvalue weighted by atomic mass is 10.2. The van der Waals surface area contributed by atoms with Crippen molar-refractivity contribution in [2.45, 2.75) is 26.4 Å². The summed E-state index contributed by atoms with van der Waals surface area (Å²) in [6.07, 6.45) is -1.73. The highest BCUT2D eigenvalue weighted by atomic mass is 19.4. The molecule has 2 nitrogen and oxygen atoms in total. The normalized spacial score (nSPS) is 11.8. The van der Waals surface area contributed by atoms with E-state index < -0.39 is 12.0 Å². The van der Waals surface area contributed by atoms with E-state index in [1.807, 2.05) is 0 Å². The van der Waals surface area contributed by atoms with Crippen LogP contribution in [0.1, 0.15) is 24.0 Å². The lowest BCUT2D eigenvalue weighted by Crippen LogP contribution is -2.13. The first-order chi connectivity index (χ1) is 5.95. The molecular formula is C8H8F3N2. The summed E-state index contributed by atoms with van der Waals surface area (Å²) in [7, 11) is 0. The maximum Gasteiger partial charge on any atom is 0.451 e. The van der Waals surface area contributed by atoms with Gasteiger partial charge in [-0.1, -0.05) is 6.92 Å². The van der Waals surface area contributed by atoms with Crippen molar-refractivity contribution in [1.29, 1.82) is 0 Å². The summed E-state index contributed by atoms with van der Waals surface area (Å²) >= 11 is 0. The van der Waals surface area contributed by atoms with Crippen molar-refractivity contribution >= 4 is 0 Å². The van der Waals surface area contributed by atoms with E-state index in [-0.39, 0.29) is 0 Å². The maximum atomic E-state index is 12.1. The molecule has 1 aromatic rings. The predicted octanol–water partition coefficient (Wildman–Crippen LogP) is 2.17. The van der Waals surface area contributed by atoms with Gasteiger partial charge >= 0.3 is 6.18 Å². The Kier molecular flexibility index (Phi) is 2.54. The van der Waals surface area contributed by atoms with E-state index >= 15 is 0 Å². The third-order valence-corrected chi connectivity index (χ3v) is 1.59. The molecule has 0 saturated carbocycles. The second-order valence-corrected chi connectivity index (χ2v) is 2.58. The summed E-state index contributed by atoms with van der Waals surface area (Å²) in [5, 5.41) is 0. The van der Waals surface area contributed by atoms with Crippen LogP contribution in [0.2, 0.25) is 0 Å². The van der Waals surface area contributed by atoms with Crippen molar-refractivity contribution in [3.05, 3.63) is 23.3 Å². The van der Waals surface area contributed by atoms with Crippen LogP contribution >= 0.6 is 0 Å². The van der Waals surface area contributed by atoms with Crippen LogP contribution in [0, 0.1) is 13.1 Å². The summed E-state index contributed by atoms with van der Waals surface area (Å²) in [5.41, 5.74) is 0.956. The van der Waals surface area contributed by atoms with Gasteiger partial charge in [0.1, 0.15) is 0 Å². The molecule has 1 rings (SSSR count). The van der Waals surface area contributed by atoms with Gasteiger partial charge in [0, 0.05) is 5.69 Å². The molecule has 5 heteroatoms. The van der Waals surface area contributed by atoms with Crippen LogP contribution in [0.25, 0.3) is 0 Å². The Morgan fingerprint density at radius 2 is 2.00 bits per heavy atom. The second kappa shape index (κ2) is 3.32. The van der Waals surface area contributed by atoms with Crippen LogP contribution < -0.4 is 0 Å². The van der Waals surface area contributed by atoms with Crippen molar-refractivity contribution in [1.82, 2.24) is 9.97 Å². The molecule has 0 saturated heterocycles. The van der Waals surface area contributed by atoms with Crippen molar-refractivity contribution < 1.29 is 13.2 Å². The lowest BCUT2D eigenvalue weighted by molar-refractivity contribution is -0.145. The van der Waals surface area contributed by atoms with Crippen LogP contribution in [0.3, 0.4) is 0 Å². The van der Waals surface area contributed by atoms with E-state index in [4.69, 9.17) is 0 Å². The molecule has 0 fully saturated rings. The molecular weight excluding hydrogens is 181 g/mol. The zero-order valence-electron chi connectivity index (χ0n) is 7.24. The van der Waals surface area contributed by atoms with Crippen LogP contribution in [0.5, 0.6) is 0 Å². The van der Waals surface area contributed by atoms with E-state index in [1.165, 1.54) is 0 Å². The first-order valence-corrected chi connectivity index (χ1v) is 3.77. The highest BCUT2D eigenvalue weighted by molar-refractivity contribution is 5.15. The standard InChI is InChI=1S/C8H8F3N2/c1-3-6-5(2)4-12-7(13-6)8(9,10)11/h3H2,1-2H3. The largest absolute Gasteiger partial charge is 0.451 e. The number of aromatic nitrogens is 2. The molecule has 0 aliphatic heterocycles. The Morgan fingerprint density at radius 1 is 1.38 bits per heavy atom. The Hall–Kier alpha value is -1.13. The molecule has 0 aliphatic carbocycles. The highest BCUT2D eigenvalue weighted by Crippen LogP contribution is 2.26. The van der Waals surface area contributed by atoms with Crippen LogP contribution in [-0.4, -0.2) is 9.97 Å². The third kappa shape index (κ3) is 2.17. The third-order valence-electron chi connectivity index (χ3n) is 1.59. The molecule has 0 N–H and O–H groups in total. The maximum absolute atomic E-state index is 12.1. The average molecular weight is 189 g/mol. The van der Waals surface area contributed by atoms with Crippen LogP contribution in [-0.2, 0) is 12.6 Å². The Balaban J connectivity index is 3.14. The molecule has 0 unspecified atom stereocenters. The fourth-order valence-electron chi connectivity index (χ4n) is 0.909. The summed E-state index contributed by atoms with van der Waals surface area (Å²) in [5.74, 6) is -1.12. The van der Waals surface area contributed by atoms with Gasteiger partial charge in [-0.05, 0) is 18.9 Å². The molecule has 0 aliphatic rings. The SMILES string of the molecule is CCc1nc(C(F)(F)F)n[c]c1C. The smallest absolute Gasteiger partial charge is 0.229 e. The monoisotopic (exact) mass is 189 g/mol. The van der Waals surface area contributed by atoms with Crippen LogP contribution in [0.4, 0.5) is 13.2 Å². The van der Waals surface area contributed by atoms with Gasteiger partial charge in [-0.3, -0.25) is 0 Å². The molecule has 71 valence electrons. The number of hydrogen-bond donors (Lipinski definition) is 0. The minimum atomic E-state index is -4.48. The summed E-state index contributed by atoms with van der Waals surface area (Å²) in [6.45, 7) is 3.38. The Labute approximate surface area is 73.8 Å². The summed E-state index contributed by atoms with van der Waals surface area (Å²) in [6, 6.07) is 0. The van der Waals surface area contributed by atoms with Crippen molar-refractivity contribution in [2.75, 3.05) is 0 Å². The minimum Gasteiger partial charge on any atom is -0.229 e. The van der Waals surface area contributed by atoms with E-state index in [2.05, 4.69) is 16.2 Å². The molecule has 1 heterocycles. The lowest BCUT2D eigenvalue weighted by Gasteiger charge is -2.06. The fraction of sp³-hybridized carbons (Fsp3) is 0.500. The van der Waals surface area contributed by atoms with Gasteiger partial charge in [0.25, 0.3) is 0 Å². The summed E-state index contributed by atoms with van der Waals surface area (Å²) in [4.78, 5) is 6.49. The van der Waals surface area contributed by atoms with E-state index in [9.17, 15) is 13.2 Å². The molecule has 13 heavy (non-hydrogen) atoms. The summed E-state index contributed by atoms with van der Waals surface area (Å²) < 4.78 is 36.3. The van der Waals surface area contributed by atoms with Crippen molar-refractivity contribution in [2.24, 2.45) is 0 Å². The van der Waals surface area contributed by atoms with Crippen molar-refractivity contribution in [3.8, 4) is 0 Å². The van der Waals surface area contributed by atoms with Gasteiger partial charge in [-0.25, -0.2) is 9.97 Å². The molecule has 0 aromatic carbocycles. The molecule has 0 atom stereocenters. The molecule has 1 aromatic heterocycles. The molecule has 1 radical (unpaired) electrons. The minimum absolute atomic E-state index is 0.391. The van der Waals surface area contributed by atoms with Crippen molar-refractivity contribution in [3.63, 3.8) is 0 Å². The highest BCUT2D eigenvalue weighted by Gasteiger charge is 2.34. The quantitative estimate of drug-likeness (QED) is 0.676.